The molecule has 0 aliphatic carbocycles. The summed E-state index contributed by atoms with van der Waals surface area (Å²) >= 11 is 0. The molecule has 0 saturated heterocycles. The number of nitro groups is 1. The molecule has 0 atom stereocenters. The van der Waals surface area contributed by atoms with Gasteiger partial charge in [0.2, 0.25) is 0 Å². The summed E-state index contributed by atoms with van der Waals surface area (Å²) in [7, 11) is 1.63. The number of carbonyl (C=O) groups excluding carboxylic acids is 1. The van der Waals surface area contributed by atoms with Gasteiger partial charge in [-0.3, -0.25) is 14.9 Å². The van der Waals surface area contributed by atoms with Crippen molar-refractivity contribution in [1.82, 2.24) is 10.3 Å². The van der Waals surface area contributed by atoms with Crippen molar-refractivity contribution in [2.45, 2.75) is 19.8 Å². The summed E-state index contributed by atoms with van der Waals surface area (Å²) in [4.78, 5) is 25.9. The van der Waals surface area contributed by atoms with Gasteiger partial charge in [0.15, 0.2) is 0 Å². The molecule has 1 aromatic heterocycles. The molecule has 7 nitrogen and oxygen atoms in total. The third-order valence-electron chi connectivity index (χ3n) is 2.40. The lowest BCUT2D eigenvalue weighted by Crippen LogP contribution is -2.25. The Labute approximate surface area is 105 Å². The van der Waals surface area contributed by atoms with Crippen LogP contribution >= 0.6 is 0 Å². The molecule has 2 N–H and O–H groups in total. The van der Waals surface area contributed by atoms with Gasteiger partial charge in [-0.25, -0.2) is 4.98 Å². The van der Waals surface area contributed by atoms with Crippen LogP contribution in [0.25, 0.3) is 0 Å². The number of hydrogen-bond acceptors (Lipinski definition) is 5. The van der Waals surface area contributed by atoms with E-state index in [2.05, 4.69) is 15.6 Å². The van der Waals surface area contributed by atoms with Crippen LogP contribution in [0.4, 0.5) is 11.5 Å². The van der Waals surface area contributed by atoms with Crippen LogP contribution in [0.15, 0.2) is 12.3 Å². The molecule has 1 amide bonds. The molecule has 0 aliphatic heterocycles. The van der Waals surface area contributed by atoms with Gasteiger partial charge in [0.05, 0.1) is 4.92 Å². The van der Waals surface area contributed by atoms with Crippen LogP contribution in [-0.2, 0) is 0 Å². The van der Waals surface area contributed by atoms with Crippen molar-refractivity contribution >= 4 is 17.4 Å². The summed E-state index contributed by atoms with van der Waals surface area (Å²) in [6.07, 6.45) is 2.87. The number of unbranched alkanes of at least 4 members (excludes halogenated alkanes) is 1. The van der Waals surface area contributed by atoms with E-state index in [4.69, 9.17) is 0 Å². The molecule has 1 rings (SSSR count). The molecule has 0 unspecified atom stereocenters. The molecule has 1 aromatic rings. The Bertz CT molecular complexity index is 448. The van der Waals surface area contributed by atoms with Crippen molar-refractivity contribution in [1.29, 1.82) is 0 Å². The molecule has 18 heavy (non-hydrogen) atoms. The highest BCUT2D eigenvalue weighted by atomic mass is 16.6. The van der Waals surface area contributed by atoms with E-state index in [0.29, 0.717) is 12.4 Å². The molecule has 1 heterocycles. The van der Waals surface area contributed by atoms with Crippen LogP contribution < -0.4 is 10.6 Å². The molecule has 7 heteroatoms. The van der Waals surface area contributed by atoms with Crippen LogP contribution in [0.5, 0.6) is 0 Å². The molecule has 0 aromatic carbocycles. The average Bonchev–Trinajstić information content (AvgIpc) is 2.38. The Morgan fingerprint density at radius 2 is 2.28 bits per heavy atom. The number of hydrogen-bond donors (Lipinski definition) is 2. The summed E-state index contributed by atoms with van der Waals surface area (Å²) in [6.45, 7) is 2.50. The minimum atomic E-state index is -0.610. The standard InChI is InChI=1S/C11H16N4O3/c1-3-4-5-13-11(16)8-6-10(12-2)14-7-9(8)15(17)18/h6-7H,3-5H2,1-2H3,(H,12,14)(H,13,16). The lowest BCUT2D eigenvalue weighted by atomic mass is 10.2. The summed E-state index contributed by atoms with van der Waals surface area (Å²) in [5, 5.41) is 16.2. The van der Waals surface area contributed by atoms with Crippen molar-refractivity contribution < 1.29 is 9.72 Å². The lowest BCUT2D eigenvalue weighted by Gasteiger charge is -2.06. The summed E-state index contributed by atoms with van der Waals surface area (Å²) in [5.41, 5.74) is -0.265. The van der Waals surface area contributed by atoms with Crippen LogP contribution in [0.2, 0.25) is 0 Å². The van der Waals surface area contributed by atoms with Crippen molar-refractivity contribution in [3.8, 4) is 0 Å². The van der Waals surface area contributed by atoms with E-state index < -0.39 is 10.8 Å². The number of amides is 1. The number of nitrogens with one attached hydrogen (secondary N) is 2. The molecule has 0 saturated carbocycles. The second kappa shape index (κ2) is 6.53. The summed E-state index contributed by atoms with van der Waals surface area (Å²) in [5.74, 6) is -0.0321. The highest BCUT2D eigenvalue weighted by Gasteiger charge is 2.21. The molecule has 0 spiro atoms. The van der Waals surface area contributed by atoms with E-state index in [-0.39, 0.29) is 11.3 Å². The monoisotopic (exact) mass is 252 g/mol. The quantitative estimate of drug-likeness (QED) is 0.455. The van der Waals surface area contributed by atoms with Gasteiger partial charge in [-0.15, -0.1) is 0 Å². The predicted molar refractivity (Wildman–Crippen MR) is 67.7 cm³/mol. The fraction of sp³-hybridized carbons (Fsp3) is 0.455. The Balaban J connectivity index is 2.96. The molecule has 0 radical (unpaired) electrons. The van der Waals surface area contributed by atoms with Gasteiger partial charge in [0.1, 0.15) is 17.6 Å². The zero-order valence-electron chi connectivity index (χ0n) is 10.4. The second-order valence-electron chi connectivity index (χ2n) is 3.70. The Morgan fingerprint density at radius 1 is 1.56 bits per heavy atom. The first-order valence-electron chi connectivity index (χ1n) is 5.70. The van der Waals surface area contributed by atoms with Gasteiger partial charge >= 0.3 is 0 Å². The van der Waals surface area contributed by atoms with Gasteiger partial charge in [0.25, 0.3) is 11.6 Å². The van der Waals surface area contributed by atoms with E-state index in [0.717, 1.165) is 19.0 Å². The molecular weight excluding hydrogens is 236 g/mol. The normalized spacial score (nSPS) is 9.89. The van der Waals surface area contributed by atoms with Crippen LogP contribution in [0, 0.1) is 10.1 Å². The zero-order chi connectivity index (χ0) is 13.5. The largest absolute Gasteiger partial charge is 0.373 e. The van der Waals surface area contributed by atoms with Gasteiger partial charge in [-0.2, -0.15) is 0 Å². The average molecular weight is 252 g/mol. The van der Waals surface area contributed by atoms with E-state index in [9.17, 15) is 14.9 Å². The Morgan fingerprint density at radius 3 is 2.83 bits per heavy atom. The van der Waals surface area contributed by atoms with Crippen molar-refractivity contribution in [3.63, 3.8) is 0 Å². The van der Waals surface area contributed by atoms with Crippen LogP contribution in [0.1, 0.15) is 30.1 Å². The summed E-state index contributed by atoms with van der Waals surface area (Å²) in [6, 6.07) is 1.37. The number of rotatable bonds is 6. The first-order valence-corrected chi connectivity index (χ1v) is 5.70. The number of aromatic nitrogens is 1. The van der Waals surface area contributed by atoms with Gasteiger partial charge in [-0.1, -0.05) is 13.3 Å². The predicted octanol–water partition coefficient (Wildman–Crippen LogP) is 1.56. The number of nitrogens with zero attached hydrogens (tertiary/aromatic N) is 2. The molecule has 0 fully saturated rings. The van der Waals surface area contributed by atoms with Crippen molar-refractivity contribution in [3.05, 3.63) is 27.9 Å². The third-order valence-corrected chi connectivity index (χ3v) is 2.40. The molecular formula is C11H16N4O3. The number of anilines is 1. The fourth-order valence-corrected chi connectivity index (χ4v) is 1.39. The topological polar surface area (TPSA) is 97.2 Å². The van der Waals surface area contributed by atoms with Gasteiger partial charge in [0, 0.05) is 19.7 Å². The van der Waals surface area contributed by atoms with Crippen LogP contribution in [-0.4, -0.2) is 29.4 Å². The molecule has 0 bridgehead atoms. The highest BCUT2D eigenvalue weighted by molar-refractivity contribution is 5.98. The molecule has 98 valence electrons. The molecule has 0 aliphatic rings. The first-order chi connectivity index (χ1) is 8.60. The highest BCUT2D eigenvalue weighted by Crippen LogP contribution is 2.19. The van der Waals surface area contributed by atoms with E-state index in [1.54, 1.807) is 7.05 Å². The number of carbonyl (C=O) groups is 1. The van der Waals surface area contributed by atoms with Crippen molar-refractivity contribution in [2.24, 2.45) is 0 Å². The smallest absolute Gasteiger partial charge is 0.300 e. The zero-order valence-corrected chi connectivity index (χ0v) is 10.4. The van der Waals surface area contributed by atoms with Gasteiger partial charge in [-0.05, 0) is 6.42 Å². The Kier molecular flexibility index (Phi) is 5.04. The van der Waals surface area contributed by atoms with E-state index in [1.807, 2.05) is 6.92 Å². The van der Waals surface area contributed by atoms with E-state index >= 15 is 0 Å². The maximum absolute atomic E-state index is 11.8. The minimum absolute atomic E-state index is 0.0236. The third kappa shape index (κ3) is 3.41. The second-order valence-corrected chi connectivity index (χ2v) is 3.70. The SMILES string of the molecule is CCCCNC(=O)c1cc(NC)ncc1[N+](=O)[O-]. The lowest BCUT2D eigenvalue weighted by molar-refractivity contribution is -0.385. The van der Waals surface area contributed by atoms with Crippen LogP contribution in [0.3, 0.4) is 0 Å². The maximum atomic E-state index is 11.8. The van der Waals surface area contributed by atoms with Gasteiger partial charge < -0.3 is 10.6 Å². The fourth-order valence-electron chi connectivity index (χ4n) is 1.39. The minimum Gasteiger partial charge on any atom is -0.373 e. The summed E-state index contributed by atoms with van der Waals surface area (Å²) < 4.78 is 0. The maximum Gasteiger partial charge on any atom is 0.300 e. The van der Waals surface area contributed by atoms with Crippen molar-refractivity contribution in [2.75, 3.05) is 18.9 Å². The first kappa shape index (κ1) is 13.9. The number of pyridine rings is 1. The Hall–Kier alpha value is -2.18. The van der Waals surface area contributed by atoms with E-state index in [1.165, 1.54) is 6.07 Å².